The van der Waals surface area contributed by atoms with Crippen LogP contribution in [0.5, 0.6) is 5.75 Å². The van der Waals surface area contributed by atoms with E-state index in [0.717, 1.165) is 0 Å². The first-order chi connectivity index (χ1) is 8.49. The lowest BCUT2D eigenvalue weighted by molar-refractivity contribution is -0.383. The molecule has 0 unspecified atom stereocenters. The van der Waals surface area contributed by atoms with Crippen LogP contribution >= 0.6 is 0 Å². The lowest BCUT2D eigenvalue weighted by Crippen LogP contribution is -2.00. The highest BCUT2D eigenvalue weighted by Crippen LogP contribution is 2.30. The van der Waals surface area contributed by atoms with Crippen molar-refractivity contribution < 1.29 is 14.8 Å². The zero-order valence-electron chi connectivity index (χ0n) is 9.58. The number of hydrogen-bond donors (Lipinski definition) is 1. The zero-order valence-corrected chi connectivity index (χ0v) is 9.58. The van der Waals surface area contributed by atoms with Crippen molar-refractivity contribution in [1.29, 1.82) is 0 Å². The Morgan fingerprint density at radius 1 is 1.39 bits per heavy atom. The number of carbonyl (C=O) groups is 1. The van der Waals surface area contributed by atoms with Crippen LogP contribution in [-0.4, -0.2) is 20.8 Å². The van der Waals surface area contributed by atoms with Gasteiger partial charge in [-0.2, -0.15) is 0 Å². The number of non-ortho nitro benzene ring substituents is 1. The van der Waals surface area contributed by atoms with Crippen LogP contribution in [0.1, 0.15) is 12.6 Å². The monoisotopic (exact) mass is 246 g/mol. The maximum Gasteiger partial charge on any atom is 0.279 e. The summed E-state index contributed by atoms with van der Waals surface area (Å²) < 4.78 is 0. The van der Waals surface area contributed by atoms with Crippen molar-refractivity contribution in [2.45, 2.75) is 13.3 Å². The molecule has 1 N–H and O–H groups in total. The van der Waals surface area contributed by atoms with E-state index in [1.165, 1.54) is 25.1 Å². The summed E-state index contributed by atoms with van der Waals surface area (Å²) in [6.45, 7) is 1.43. The van der Waals surface area contributed by atoms with Gasteiger partial charge in [-0.15, -0.1) is 0 Å². The normalized spacial score (nSPS) is 10.5. The summed E-state index contributed by atoms with van der Waals surface area (Å²) in [4.78, 5) is 25.4. The molecule has 6 heteroatoms. The molecule has 0 aliphatic carbocycles. The molecular formula is C12H10N2O4. The average molecular weight is 246 g/mol. The van der Waals surface area contributed by atoms with Crippen molar-refractivity contribution in [2.75, 3.05) is 0 Å². The Kier molecular flexibility index (Phi) is 2.93. The van der Waals surface area contributed by atoms with Crippen molar-refractivity contribution in [3.8, 4) is 5.75 Å². The second-order valence-electron chi connectivity index (χ2n) is 3.94. The van der Waals surface area contributed by atoms with Crippen molar-refractivity contribution in [3.63, 3.8) is 0 Å². The fraction of sp³-hybridized carbons (Fsp3) is 0.167. The molecule has 6 nitrogen and oxygen atoms in total. The zero-order chi connectivity index (χ0) is 13.3. The quantitative estimate of drug-likeness (QED) is 0.660. The fourth-order valence-corrected chi connectivity index (χ4v) is 1.74. The molecule has 92 valence electrons. The first-order valence-electron chi connectivity index (χ1n) is 5.24. The number of ketones is 1. The molecule has 1 heterocycles. The largest absolute Gasteiger partial charge is 0.506 e. The SMILES string of the molecule is CC(=O)Cc1ccc2c([N+](=O)[O-])ccc(O)c2n1. The standard InChI is InChI=1S/C12H10N2O4/c1-7(15)6-8-2-3-9-10(14(17)18)4-5-11(16)12(9)13-8/h2-5,16H,6H2,1H3. The Morgan fingerprint density at radius 2 is 2.11 bits per heavy atom. The predicted molar refractivity (Wildman–Crippen MR) is 64.4 cm³/mol. The van der Waals surface area contributed by atoms with Crippen molar-refractivity contribution >= 4 is 22.4 Å². The van der Waals surface area contributed by atoms with Crippen molar-refractivity contribution in [3.05, 3.63) is 40.1 Å². The van der Waals surface area contributed by atoms with Crippen molar-refractivity contribution in [2.24, 2.45) is 0 Å². The lowest BCUT2D eigenvalue weighted by Gasteiger charge is -2.04. The first kappa shape index (κ1) is 12.0. The number of phenolic OH excluding ortho intramolecular Hbond substituents is 1. The molecule has 2 rings (SSSR count). The van der Waals surface area contributed by atoms with Gasteiger partial charge in [-0.05, 0) is 25.1 Å². The second kappa shape index (κ2) is 4.40. The maximum atomic E-state index is 11.0. The van der Waals surface area contributed by atoms with E-state index in [2.05, 4.69) is 4.98 Å². The van der Waals surface area contributed by atoms with Gasteiger partial charge in [0, 0.05) is 18.2 Å². The van der Waals surface area contributed by atoms with Crippen LogP contribution in [0, 0.1) is 10.1 Å². The molecule has 0 radical (unpaired) electrons. The van der Waals surface area contributed by atoms with Gasteiger partial charge in [0.1, 0.15) is 17.0 Å². The predicted octanol–water partition coefficient (Wildman–Crippen LogP) is 1.98. The van der Waals surface area contributed by atoms with E-state index < -0.39 is 4.92 Å². The summed E-state index contributed by atoms with van der Waals surface area (Å²) in [5, 5.41) is 20.8. The Hall–Kier alpha value is -2.50. The van der Waals surface area contributed by atoms with Crippen molar-refractivity contribution in [1.82, 2.24) is 4.98 Å². The molecule has 0 saturated carbocycles. The van der Waals surface area contributed by atoms with Crippen LogP contribution in [-0.2, 0) is 11.2 Å². The third kappa shape index (κ3) is 2.13. The summed E-state index contributed by atoms with van der Waals surface area (Å²) in [5.74, 6) is -0.201. The van der Waals surface area contributed by atoms with Crippen LogP contribution in [0.2, 0.25) is 0 Å². The molecule has 1 aromatic heterocycles. The van der Waals surface area contributed by atoms with E-state index in [1.807, 2.05) is 0 Å². The van der Waals surface area contributed by atoms with Gasteiger partial charge in [0.2, 0.25) is 0 Å². The summed E-state index contributed by atoms with van der Waals surface area (Å²) in [6.07, 6.45) is 0.137. The smallest absolute Gasteiger partial charge is 0.279 e. The molecule has 0 saturated heterocycles. The number of aromatic nitrogens is 1. The number of fused-ring (bicyclic) bond motifs is 1. The van der Waals surface area contributed by atoms with E-state index in [-0.39, 0.29) is 34.5 Å². The topological polar surface area (TPSA) is 93.3 Å². The average Bonchev–Trinajstić information content (AvgIpc) is 2.29. The third-order valence-electron chi connectivity index (χ3n) is 2.50. The Labute approximate surface area is 102 Å². The molecule has 0 bridgehead atoms. The highest BCUT2D eigenvalue weighted by Gasteiger charge is 2.15. The van der Waals surface area contributed by atoms with E-state index >= 15 is 0 Å². The molecule has 0 fully saturated rings. The number of carbonyl (C=O) groups excluding carboxylic acids is 1. The number of aromatic hydroxyl groups is 1. The molecule has 0 atom stereocenters. The molecule has 0 spiro atoms. The number of Topliss-reactive ketones (excluding diaryl/α,β-unsaturated/α-hetero) is 1. The van der Waals surface area contributed by atoms with E-state index in [4.69, 9.17) is 0 Å². The Morgan fingerprint density at radius 3 is 2.72 bits per heavy atom. The van der Waals surface area contributed by atoms with Gasteiger partial charge >= 0.3 is 0 Å². The minimum absolute atomic E-state index is 0.0632. The number of benzene rings is 1. The Balaban J connectivity index is 2.66. The summed E-state index contributed by atoms with van der Waals surface area (Å²) in [6, 6.07) is 5.50. The van der Waals surface area contributed by atoms with Gasteiger partial charge in [-0.1, -0.05) is 0 Å². The molecule has 2 aromatic rings. The molecule has 1 aromatic carbocycles. The van der Waals surface area contributed by atoms with Gasteiger partial charge in [-0.25, -0.2) is 4.98 Å². The highest BCUT2D eigenvalue weighted by atomic mass is 16.6. The summed E-state index contributed by atoms with van der Waals surface area (Å²) in [5.41, 5.74) is 0.499. The van der Waals surface area contributed by atoms with Crippen LogP contribution in [0.4, 0.5) is 5.69 Å². The summed E-state index contributed by atoms with van der Waals surface area (Å²) >= 11 is 0. The number of nitro benzene ring substituents is 1. The number of nitro groups is 1. The van der Waals surface area contributed by atoms with E-state index in [0.29, 0.717) is 5.69 Å². The van der Waals surface area contributed by atoms with Gasteiger partial charge in [0.25, 0.3) is 5.69 Å². The van der Waals surface area contributed by atoms with Crippen LogP contribution in [0.3, 0.4) is 0 Å². The number of hydrogen-bond acceptors (Lipinski definition) is 5. The fourth-order valence-electron chi connectivity index (χ4n) is 1.74. The highest BCUT2D eigenvalue weighted by molar-refractivity contribution is 5.92. The van der Waals surface area contributed by atoms with Crippen LogP contribution in [0.25, 0.3) is 10.9 Å². The minimum atomic E-state index is -0.534. The van der Waals surface area contributed by atoms with Crippen LogP contribution in [0.15, 0.2) is 24.3 Å². The van der Waals surface area contributed by atoms with E-state index in [1.54, 1.807) is 6.07 Å². The van der Waals surface area contributed by atoms with Gasteiger partial charge < -0.3 is 5.11 Å². The molecule has 0 amide bonds. The number of phenols is 1. The van der Waals surface area contributed by atoms with Crippen LogP contribution < -0.4 is 0 Å². The number of rotatable bonds is 3. The van der Waals surface area contributed by atoms with Gasteiger partial charge in [0.15, 0.2) is 0 Å². The number of pyridine rings is 1. The molecule has 0 aliphatic heterocycles. The lowest BCUT2D eigenvalue weighted by atomic mass is 10.1. The van der Waals surface area contributed by atoms with E-state index in [9.17, 15) is 20.0 Å². The summed E-state index contributed by atoms with van der Waals surface area (Å²) in [7, 11) is 0. The maximum absolute atomic E-state index is 11.0. The Bertz CT molecular complexity index is 652. The minimum Gasteiger partial charge on any atom is -0.506 e. The number of nitrogens with zero attached hydrogens (tertiary/aromatic N) is 2. The first-order valence-corrected chi connectivity index (χ1v) is 5.24. The van der Waals surface area contributed by atoms with Gasteiger partial charge in [-0.3, -0.25) is 14.9 Å². The molecular weight excluding hydrogens is 236 g/mol. The second-order valence-corrected chi connectivity index (χ2v) is 3.94. The molecule has 0 aliphatic rings. The molecule has 18 heavy (non-hydrogen) atoms. The van der Waals surface area contributed by atoms with Gasteiger partial charge in [0.05, 0.1) is 10.3 Å². The third-order valence-corrected chi connectivity index (χ3v) is 2.50.